The molecule has 5 nitrogen and oxygen atoms in total. The van der Waals surface area contributed by atoms with Gasteiger partial charge in [0.2, 0.25) is 5.91 Å². The van der Waals surface area contributed by atoms with Crippen LogP contribution in [0.4, 0.5) is 11.4 Å². The lowest BCUT2D eigenvalue weighted by Crippen LogP contribution is -2.37. The van der Waals surface area contributed by atoms with Crippen LogP contribution in [0.1, 0.15) is 17.2 Å². The number of benzene rings is 3. The molecule has 2 heterocycles. The lowest BCUT2D eigenvalue weighted by Gasteiger charge is -2.29. The predicted octanol–water partition coefficient (Wildman–Crippen LogP) is 5.46. The first-order chi connectivity index (χ1) is 15.0. The third kappa shape index (κ3) is 3.35. The minimum Gasteiger partial charge on any atom is -0.273 e. The van der Waals surface area contributed by atoms with E-state index >= 15 is 0 Å². The number of anilines is 2. The van der Waals surface area contributed by atoms with E-state index < -0.39 is 18.1 Å². The molecule has 3 aromatic rings. The monoisotopic (exact) mass is 496 g/mol. The van der Waals surface area contributed by atoms with Crippen molar-refractivity contribution in [3.8, 4) is 0 Å². The molecule has 0 aliphatic carbocycles. The third-order valence-electron chi connectivity index (χ3n) is 5.73. The number of hydrogen-bond donors (Lipinski definition) is 0. The summed E-state index contributed by atoms with van der Waals surface area (Å²) >= 11 is 9.68. The van der Waals surface area contributed by atoms with Crippen molar-refractivity contribution in [3.63, 3.8) is 0 Å². The topological polar surface area (TPSA) is 49.9 Å². The molecule has 3 aromatic carbocycles. The number of fused-ring (bicyclic) bond motifs is 1. The lowest BCUT2D eigenvalue weighted by atomic mass is 9.90. The van der Waals surface area contributed by atoms with E-state index in [0.717, 1.165) is 21.3 Å². The Balaban J connectivity index is 1.61. The zero-order valence-electron chi connectivity index (χ0n) is 16.5. The second-order valence-corrected chi connectivity index (χ2v) is 9.01. The second-order valence-electron chi connectivity index (χ2n) is 7.66. The number of para-hydroxylation sites is 1. The smallest absolute Gasteiger partial charge is 0.266 e. The molecule has 2 saturated heterocycles. The Morgan fingerprint density at radius 3 is 2.45 bits per heavy atom. The van der Waals surface area contributed by atoms with Crippen LogP contribution in [0.15, 0.2) is 77.3 Å². The van der Waals surface area contributed by atoms with Crippen LogP contribution in [-0.4, -0.2) is 17.9 Å². The quantitative estimate of drug-likeness (QED) is 0.451. The molecular weight excluding hydrogens is 480 g/mol. The molecule has 0 saturated carbocycles. The normalized spacial score (nSPS) is 22.9. The molecule has 0 N–H and O–H groups in total. The number of hydroxylamine groups is 1. The molecular formula is C24H18BrClN2O3. The number of imide groups is 1. The Morgan fingerprint density at radius 1 is 0.935 bits per heavy atom. The van der Waals surface area contributed by atoms with Gasteiger partial charge < -0.3 is 0 Å². The number of amides is 2. The van der Waals surface area contributed by atoms with Crippen LogP contribution in [0.3, 0.4) is 0 Å². The maximum absolute atomic E-state index is 13.7. The first-order valence-electron chi connectivity index (χ1n) is 9.86. The number of hydrogen-bond acceptors (Lipinski definition) is 4. The summed E-state index contributed by atoms with van der Waals surface area (Å²) in [6.07, 6.45) is -0.907. The zero-order chi connectivity index (χ0) is 21.7. The summed E-state index contributed by atoms with van der Waals surface area (Å²) in [6, 6.07) is 22.0. The molecule has 2 amide bonds. The van der Waals surface area contributed by atoms with Crippen LogP contribution in [0.2, 0.25) is 5.02 Å². The van der Waals surface area contributed by atoms with Crippen LogP contribution in [0.5, 0.6) is 0 Å². The van der Waals surface area contributed by atoms with Crippen LogP contribution in [-0.2, 0) is 14.4 Å². The fraction of sp³-hybridized carbons (Fsp3) is 0.167. The summed E-state index contributed by atoms with van der Waals surface area (Å²) < 4.78 is 0.890. The van der Waals surface area contributed by atoms with Gasteiger partial charge in [0, 0.05) is 9.50 Å². The van der Waals surface area contributed by atoms with Gasteiger partial charge in [-0.3, -0.25) is 14.4 Å². The van der Waals surface area contributed by atoms with E-state index in [0.29, 0.717) is 10.7 Å². The fourth-order valence-corrected chi connectivity index (χ4v) is 4.89. The predicted molar refractivity (Wildman–Crippen MR) is 123 cm³/mol. The zero-order valence-corrected chi connectivity index (χ0v) is 18.9. The molecule has 156 valence electrons. The summed E-state index contributed by atoms with van der Waals surface area (Å²) in [5, 5.41) is 2.16. The molecule has 5 rings (SSSR count). The summed E-state index contributed by atoms with van der Waals surface area (Å²) in [5.74, 6) is -1.34. The van der Waals surface area contributed by atoms with Gasteiger partial charge in [0.15, 0.2) is 6.10 Å². The van der Waals surface area contributed by atoms with E-state index in [9.17, 15) is 9.59 Å². The molecule has 2 fully saturated rings. The molecule has 2 aliphatic rings. The Labute approximate surface area is 193 Å². The Hall–Kier alpha value is -2.67. The van der Waals surface area contributed by atoms with Crippen molar-refractivity contribution >= 4 is 50.7 Å². The van der Waals surface area contributed by atoms with Gasteiger partial charge in [0.1, 0.15) is 5.92 Å². The van der Waals surface area contributed by atoms with Gasteiger partial charge in [-0.2, -0.15) is 0 Å². The van der Waals surface area contributed by atoms with E-state index in [4.69, 9.17) is 16.4 Å². The largest absolute Gasteiger partial charge is 0.273 e. The van der Waals surface area contributed by atoms with Gasteiger partial charge in [-0.25, -0.2) is 9.96 Å². The number of aryl methyl sites for hydroxylation is 1. The maximum atomic E-state index is 13.7. The van der Waals surface area contributed by atoms with E-state index in [1.807, 2.05) is 61.5 Å². The van der Waals surface area contributed by atoms with E-state index in [1.54, 1.807) is 23.3 Å². The summed E-state index contributed by atoms with van der Waals surface area (Å²) in [6.45, 7) is 1.85. The molecule has 0 unspecified atom stereocenters. The van der Waals surface area contributed by atoms with Gasteiger partial charge in [0.25, 0.3) is 5.91 Å². The molecule has 0 spiro atoms. The summed E-state index contributed by atoms with van der Waals surface area (Å²) in [5.41, 5.74) is 2.97. The van der Waals surface area contributed by atoms with Crippen molar-refractivity contribution in [2.45, 2.75) is 19.1 Å². The Kier molecular flexibility index (Phi) is 5.08. The number of carbonyl (C=O) groups is 2. The average Bonchev–Trinajstić information content (AvgIpc) is 3.27. The minimum atomic E-state index is -0.907. The van der Waals surface area contributed by atoms with Crippen molar-refractivity contribution in [1.29, 1.82) is 0 Å². The molecule has 2 aliphatic heterocycles. The molecule has 7 heteroatoms. The van der Waals surface area contributed by atoms with Gasteiger partial charge >= 0.3 is 0 Å². The standard InChI is InChI=1S/C24H18BrClN2O3/c1-14-10-11-17(26)13-19(14)27-23(29)20-21(15-6-5-7-16(25)12-15)28(31-22(20)24(27)30)18-8-3-2-4-9-18/h2-13,20-22H,1H3/t20-,21-,22-/m0/s1. The molecule has 3 atom stereocenters. The number of rotatable bonds is 3. The first kappa shape index (κ1) is 20.2. The molecule has 31 heavy (non-hydrogen) atoms. The van der Waals surface area contributed by atoms with Crippen LogP contribution in [0.25, 0.3) is 0 Å². The molecule has 0 aromatic heterocycles. The van der Waals surface area contributed by atoms with E-state index in [-0.39, 0.29) is 11.8 Å². The average molecular weight is 498 g/mol. The van der Waals surface area contributed by atoms with Crippen molar-refractivity contribution in [2.24, 2.45) is 5.92 Å². The Bertz CT molecular complexity index is 1190. The van der Waals surface area contributed by atoms with Gasteiger partial charge in [0.05, 0.1) is 17.4 Å². The van der Waals surface area contributed by atoms with E-state index in [1.165, 1.54) is 4.90 Å². The van der Waals surface area contributed by atoms with Crippen molar-refractivity contribution in [2.75, 3.05) is 9.96 Å². The van der Waals surface area contributed by atoms with Crippen molar-refractivity contribution < 1.29 is 14.4 Å². The third-order valence-corrected chi connectivity index (χ3v) is 6.46. The highest BCUT2D eigenvalue weighted by atomic mass is 79.9. The van der Waals surface area contributed by atoms with Gasteiger partial charge in [-0.1, -0.05) is 63.9 Å². The van der Waals surface area contributed by atoms with Crippen LogP contribution < -0.4 is 9.96 Å². The van der Waals surface area contributed by atoms with Crippen LogP contribution >= 0.6 is 27.5 Å². The number of nitrogens with zero attached hydrogens (tertiary/aromatic N) is 2. The highest BCUT2D eigenvalue weighted by Gasteiger charge is 2.60. The lowest BCUT2D eigenvalue weighted by molar-refractivity contribution is -0.126. The fourth-order valence-electron chi connectivity index (χ4n) is 4.30. The highest BCUT2D eigenvalue weighted by molar-refractivity contribution is 9.10. The minimum absolute atomic E-state index is 0.288. The van der Waals surface area contributed by atoms with E-state index in [2.05, 4.69) is 15.9 Å². The van der Waals surface area contributed by atoms with Gasteiger partial charge in [-0.15, -0.1) is 0 Å². The van der Waals surface area contributed by atoms with Crippen molar-refractivity contribution in [3.05, 3.63) is 93.4 Å². The summed E-state index contributed by atoms with van der Waals surface area (Å²) in [4.78, 5) is 34.4. The highest BCUT2D eigenvalue weighted by Crippen LogP contribution is 2.48. The van der Waals surface area contributed by atoms with Crippen molar-refractivity contribution in [1.82, 2.24) is 0 Å². The number of halogens is 2. The summed E-state index contributed by atoms with van der Waals surface area (Å²) in [7, 11) is 0. The second kappa shape index (κ2) is 7.79. The first-order valence-corrected chi connectivity index (χ1v) is 11.0. The molecule has 0 bridgehead atoms. The van der Waals surface area contributed by atoms with Gasteiger partial charge in [-0.05, 0) is 54.4 Å². The van der Waals surface area contributed by atoms with Crippen LogP contribution in [0, 0.1) is 12.8 Å². The Morgan fingerprint density at radius 2 is 1.71 bits per heavy atom. The number of carbonyl (C=O) groups excluding carboxylic acids is 2. The maximum Gasteiger partial charge on any atom is 0.266 e. The SMILES string of the molecule is Cc1ccc(Cl)cc1N1C(=O)[C@@H]2[C@H](ON(c3ccccc3)[C@H]2c2cccc(Br)c2)C1=O. The molecule has 0 radical (unpaired) electrons.